The van der Waals surface area contributed by atoms with E-state index in [2.05, 4.69) is 0 Å². The molecule has 1 heterocycles. The van der Waals surface area contributed by atoms with Crippen molar-refractivity contribution in [1.82, 2.24) is 0 Å². The summed E-state index contributed by atoms with van der Waals surface area (Å²) in [4.78, 5) is 11.7. The number of benzene rings is 1. The topological polar surface area (TPSA) is 61.6 Å². The van der Waals surface area contributed by atoms with Gasteiger partial charge in [0.05, 0.1) is 11.7 Å². The highest BCUT2D eigenvalue weighted by atomic mass is 16.6. The lowest BCUT2D eigenvalue weighted by Gasteiger charge is -2.10. The summed E-state index contributed by atoms with van der Waals surface area (Å²) >= 11 is 0. The fourth-order valence-corrected chi connectivity index (χ4v) is 1.80. The van der Waals surface area contributed by atoms with Gasteiger partial charge in [0.25, 0.3) is 0 Å². The average Bonchev–Trinajstić information content (AvgIpc) is 2.89. The first kappa shape index (κ1) is 12.1. The van der Waals surface area contributed by atoms with Gasteiger partial charge in [-0.1, -0.05) is 12.1 Å². The van der Waals surface area contributed by atoms with Gasteiger partial charge in [-0.3, -0.25) is 0 Å². The standard InChI is InChI=1S/C13H17NO3/c14-8-10-3-5-11(6-4-10)13(15)17-9-12-2-1-7-16-12/h3-6,12H,1-2,7-9,14H2. The molecule has 0 spiro atoms. The molecule has 1 aromatic rings. The Morgan fingerprint density at radius 2 is 2.18 bits per heavy atom. The second kappa shape index (κ2) is 5.80. The minimum atomic E-state index is -0.302. The predicted octanol–water partition coefficient (Wildman–Crippen LogP) is 1.48. The second-order valence-corrected chi connectivity index (χ2v) is 4.13. The molecule has 0 amide bonds. The van der Waals surface area contributed by atoms with Crippen molar-refractivity contribution in [2.45, 2.75) is 25.5 Å². The molecule has 0 radical (unpaired) electrons. The third-order valence-corrected chi connectivity index (χ3v) is 2.85. The summed E-state index contributed by atoms with van der Waals surface area (Å²) in [5.41, 5.74) is 7.04. The van der Waals surface area contributed by atoms with Gasteiger partial charge in [-0.15, -0.1) is 0 Å². The summed E-state index contributed by atoms with van der Waals surface area (Å²) in [6.07, 6.45) is 2.09. The van der Waals surface area contributed by atoms with E-state index in [1.165, 1.54) is 0 Å². The molecule has 2 rings (SSSR count). The van der Waals surface area contributed by atoms with Gasteiger partial charge >= 0.3 is 5.97 Å². The zero-order chi connectivity index (χ0) is 12.1. The van der Waals surface area contributed by atoms with Crippen molar-refractivity contribution in [3.8, 4) is 0 Å². The van der Waals surface area contributed by atoms with Crippen LogP contribution in [0.5, 0.6) is 0 Å². The highest BCUT2D eigenvalue weighted by Gasteiger charge is 2.17. The van der Waals surface area contributed by atoms with Crippen LogP contribution in [0.3, 0.4) is 0 Å². The molecule has 1 saturated heterocycles. The summed E-state index contributed by atoms with van der Waals surface area (Å²) < 4.78 is 10.6. The first-order valence-electron chi connectivity index (χ1n) is 5.87. The molecule has 4 nitrogen and oxygen atoms in total. The van der Waals surface area contributed by atoms with Gasteiger partial charge in [0.1, 0.15) is 6.61 Å². The summed E-state index contributed by atoms with van der Waals surface area (Å²) in [5.74, 6) is -0.302. The highest BCUT2D eigenvalue weighted by Crippen LogP contribution is 2.13. The Morgan fingerprint density at radius 1 is 1.41 bits per heavy atom. The number of hydrogen-bond donors (Lipinski definition) is 1. The van der Waals surface area contributed by atoms with Crippen molar-refractivity contribution in [2.24, 2.45) is 5.73 Å². The van der Waals surface area contributed by atoms with Crippen molar-refractivity contribution in [3.63, 3.8) is 0 Å². The Kier molecular flexibility index (Phi) is 4.12. The van der Waals surface area contributed by atoms with Gasteiger partial charge in [-0.05, 0) is 30.5 Å². The fraction of sp³-hybridized carbons (Fsp3) is 0.462. The van der Waals surface area contributed by atoms with E-state index in [1.54, 1.807) is 12.1 Å². The molecule has 1 aliphatic heterocycles. The van der Waals surface area contributed by atoms with Crippen LogP contribution in [0.4, 0.5) is 0 Å². The maximum atomic E-state index is 11.7. The van der Waals surface area contributed by atoms with Crippen LogP contribution < -0.4 is 5.73 Å². The Balaban J connectivity index is 1.85. The van der Waals surface area contributed by atoms with E-state index in [9.17, 15) is 4.79 Å². The number of carbonyl (C=O) groups excluding carboxylic acids is 1. The number of rotatable bonds is 4. The van der Waals surface area contributed by atoms with Crippen LogP contribution in [0.15, 0.2) is 24.3 Å². The van der Waals surface area contributed by atoms with Crippen molar-refractivity contribution in [3.05, 3.63) is 35.4 Å². The molecule has 1 aliphatic rings. The van der Waals surface area contributed by atoms with Crippen LogP contribution in [-0.4, -0.2) is 25.3 Å². The van der Waals surface area contributed by atoms with E-state index in [4.69, 9.17) is 15.2 Å². The molecule has 0 saturated carbocycles. The molecule has 1 atom stereocenters. The maximum Gasteiger partial charge on any atom is 0.338 e. The molecule has 4 heteroatoms. The number of esters is 1. The normalized spacial score (nSPS) is 19.2. The Labute approximate surface area is 101 Å². The smallest absolute Gasteiger partial charge is 0.338 e. The van der Waals surface area contributed by atoms with Crippen LogP contribution in [0, 0.1) is 0 Å². The van der Waals surface area contributed by atoms with E-state index in [-0.39, 0.29) is 12.1 Å². The first-order chi connectivity index (χ1) is 8.29. The zero-order valence-corrected chi connectivity index (χ0v) is 9.72. The van der Waals surface area contributed by atoms with Crippen molar-refractivity contribution in [2.75, 3.05) is 13.2 Å². The lowest BCUT2D eigenvalue weighted by atomic mass is 10.1. The molecule has 1 fully saturated rings. The third-order valence-electron chi connectivity index (χ3n) is 2.85. The summed E-state index contributed by atoms with van der Waals surface area (Å²) in [6, 6.07) is 7.14. The van der Waals surface area contributed by atoms with Crippen LogP contribution in [0.25, 0.3) is 0 Å². The van der Waals surface area contributed by atoms with E-state index >= 15 is 0 Å². The second-order valence-electron chi connectivity index (χ2n) is 4.13. The summed E-state index contributed by atoms with van der Waals surface area (Å²) in [5, 5.41) is 0. The van der Waals surface area contributed by atoms with Crippen LogP contribution in [-0.2, 0) is 16.0 Å². The average molecular weight is 235 g/mol. The van der Waals surface area contributed by atoms with E-state index in [0.29, 0.717) is 18.7 Å². The molecule has 0 aromatic heterocycles. The molecule has 92 valence electrons. The predicted molar refractivity (Wildman–Crippen MR) is 63.6 cm³/mol. The lowest BCUT2D eigenvalue weighted by molar-refractivity contribution is 0.0161. The van der Waals surface area contributed by atoms with E-state index < -0.39 is 0 Å². The Morgan fingerprint density at radius 3 is 2.76 bits per heavy atom. The van der Waals surface area contributed by atoms with Gasteiger partial charge in [0.15, 0.2) is 0 Å². The first-order valence-corrected chi connectivity index (χ1v) is 5.87. The molecule has 0 aliphatic carbocycles. The molecule has 2 N–H and O–H groups in total. The minimum Gasteiger partial charge on any atom is -0.459 e. The highest BCUT2D eigenvalue weighted by molar-refractivity contribution is 5.89. The van der Waals surface area contributed by atoms with Crippen LogP contribution in [0.2, 0.25) is 0 Å². The Hall–Kier alpha value is -1.39. The van der Waals surface area contributed by atoms with Gasteiger partial charge in [-0.2, -0.15) is 0 Å². The van der Waals surface area contributed by atoms with Gasteiger partial charge < -0.3 is 15.2 Å². The van der Waals surface area contributed by atoms with Gasteiger partial charge in [-0.25, -0.2) is 4.79 Å². The molecule has 1 aromatic carbocycles. The Bertz CT molecular complexity index is 369. The number of carbonyl (C=O) groups is 1. The van der Waals surface area contributed by atoms with Crippen molar-refractivity contribution in [1.29, 1.82) is 0 Å². The summed E-state index contributed by atoms with van der Waals surface area (Å²) in [7, 11) is 0. The maximum absolute atomic E-state index is 11.7. The van der Waals surface area contributed by atoms with Crippen LogP contribution in [0.1, 0.15) is 28.8 Å². The van der Waals surface area contributed by atoms with E-state index in [0.717, 1.165) is 25.0 Å². The molecular weight excluding hydrogens is 218 g/mol. The quantitative estimate of drug-likeness (QED) is 0.803. The molecular formula is C13H17NO3. The third kappa shape index (κ3) is 3.28. The number of nitrogens with two attached hydrogens (primary N) is 1. The van der Waals surface area contributed by atoms with E-state index in [1.807, 2.05) is 12.1 Å². The van der Waals surface area contributed by atoms with Gasteiger partial charge in [0.2, 0.25) is 0 Å². The molecule has 17 heavy (non-hydrogen) atoms. The monoisotopic (exact) mass is 235 g/mol. The lowest BCUT2D eigenvalue weighted by Crippen LogP contribution is -2.17. The van der Waals surface area contributed by atoms with Crippen LogP contribution >= 0.6 is 0 Å². The molecule has 0 bridgehead atoms. The van der Waals surface area contributed by atoms with Crippen molar-refractivity contribution >= 4 is 5.97 Å². The van der Waals surface area contributed by atoms with Gasteiger partial charge in [0, 0.05) is 13.2 Å². The minimum absolute atomic E-state index is 0.0715. The largest absolute Gasteiger partial charge is 0.459 e. The number of hydrogen-bond acceptors (Lipinski definition) is 4. The fourth-order valence-electron chi connectivity index (χ4n) is 1.80. The molecule has 1 unspecified atom stereocenters. The zero-order valence-electron chi connectivity index (χ0n) is 9.72. The van der Waals surface area contributed by atoms with Crippen molar-refractivity contribution < 1.29 is 14.3 Å². The summed E-state index contributed by atoms with van der Waals surface area (Å²) in [6.45, 7) is 1.59. The SMILES string of the molecule is NCc1ccc(C(=O)OCC2CCCO2)cc1. The number of ether oxygens (including phenoxy) is 2.